The molecule has 0 spiro atoms. The van der Waals surface area contributed by atoms with E-state index in [2.05, 4.69) is 42.3 Å². The lowest BCUT2D eigenvalue weighted by Crippen LogP contribution is -2.24. The van der Waals surface area contributed by atoms with Gasteiger partial charge in [0.15, 0.2) is 5.16 Å². The molecule has 4 nitrogen and oxygen atoms in total. The second kappa shape index (κ2) is 8.43. The number of thioether (sulfide) groups is 1. The van der Waals surface area contributed by atoms with Gasteiger partial charge < -0.3 is 5.32 Å². The van der Waals surface area contributed by atoms with Crippen LogP contribution in [0.3, 0.4) is 0 Å². The lowest BCUT2D eigenvalue weighted by molar-refractivity contribution is -0.118. The molecule has 2 aromatic carbocycles. The highest BCUT2D eigenvalue weighted by Gasteiger charge is 2.11. The first kappa shape index (κ1) is 18.5. The van der Waals surface area contributed by atoms with Crippen LogP contribution in [0.15, 0.2) is 60.0 Å². The molecule has 26 heavy (non-hydrogen) atoms. The Morgan fingerprint density at radius 2 is 2.04 bits per heavy atom. The van der Waals surface area contributed by atoms with E-state index in [4.69, 9.17) is 11.6 Å². The van der Waals surface area contributed by atoms with Gasteiger partial charge in [0.2, 0.25) is 5.91 Å². The number of amides is 1. The molecule has 0 aliphatic carbocycles. The smallest absolute Gasteiger partial charge is 0.230 e. The quantitative estimate of drug-likeness (QED) is 0.633. The van der Waals surface area contributed by atoms with Gasteiger partial charge in [-0.25, -0.2) is 4.98 Å². The largest absolute Gasteiger partial charge is 0.351 e. The fourth-order valence-electron chi connectivity index (χ4n) is 2.67. The molecule has 3 aromatic rings. The number of aryl methyl sites for hydroxylation is 2. The van der Waals surface area contributed by atoms with Crippen LogP contribution in [0.4, 0.5) is 0 Å². The first-order valence-electron chi connectivity index (χ1n) is 8.28. The zero-order chi connectivity index (χ0) is 18.5. The van der Waals surface area contributed by atoms with E-state index in [1.165, 1.54) is 22.9 Å². The standard InChI is InChI=1S/C20H20ClN3OS/c1-14-7-8-18(15(2)11-14)24-10-9-22-20(24)26-13-19(25)23-12-16-5-3-4-6-17(16)21/h3-11H,12-13H2,1-2H3,(H,23,25). The van der Waals surface area contributed by atoms with E-state index in [0.717, 1.165) is 16.4 Å². The Bertz CT molecular complexity index is 923. The van der Waals surface area contributed by atoms with Gasteiger partial charge in [-0.3, -0.25) is 9.36 Å². The molecule has 0 aliphatic rings. The molecule has 1 N–H and O–H groups in total. The van der Waals surface area contributed by atoms with E-state index < -0.39 is 0 Å². The fraction of sp³-hybridized carbons (Fsp3) is 0.200. The van der Waals surface area contributed by atoms with Crippen LogP contribution < -0.4 is 5.32 Å². The van der Waals surface area contributed by atoms with Crippen molar-refractivity contribution in [3.05, 3.63) is 76.6 Å². The molecule has 1 heterocycles. The van der Waals surface area contributed by atoms with Crippen LogP contribution in [0.2, 0.25) is 5.02 Å². The summed E-state index contributed by atoms with van der Waals surface area (Å²) in [6.45, 7) is 4.57. The summed E-state index contributed by atoms with van der Waals surface area (Å²) in [7, 11) is 0. The zero-order valence-corrected chi connectivity index (χ0v) is 16.3. The van der Waals surface area contributed by atoms with E-state index in [9.17, 15) is 4.79 Å². The maximum Gasteiger partial charge on any atom is 0.230 e. The number of carbonyl (C=O) groups is 1. The van der Waals surface area contributed by atoms with E-state index >= 15 is 0 Å². The number of carbonyl (C=O) groups excluding carboxylic acids is 1. The third-order valence-corrected chi connectivity index (χ3v) is 5.32. The van der Waals surface area contributed by atoms with Gasteiger partial charge in [-0.15, -0.1) is 0 Å². The SMILES string of the molecule is Cc1ccc(-n2ccnc2SCC(=O)NCc2ccccc2Cl)c(C)c1. The number of nitrogens with one attached hydrogen (secondary N) is 1. The topological polar surface area (TPSA) is 46.9 Å². The minimum Gasteiger partial charge on any atom is -0.351 e. The summed E-state index contributed by atoms with van der Waals surface area (Å²) in [6.07, 6.45) is 3.67. The second-order valence-corrected chi connectivity index (χ2v) is 7.38. The van der Waals surface area contributed by atoms with Crippen LogP contribution in [-0.2, 0) is 11.3 Å². The number of hydrogen-bond acceptors (Lipinski definition) is 3. The zero-order valence-electron chi connectivity index (χ0n) is 14.7. The first-order valence-corrected chi connectivity index (χ1v) is 9.65. The van der Waals surface area contributed by atoms with E-state index in [-0.39, 0.29) is 5.91 Å². The van der Waals surface area contributed by atoms with Crippen molar-refractivity contribution in [1.29, 1.82) is 0 Å². The number of aromatic nitrogens is 2. The highest BCUT2D eigenvalue weighted by atomic mass is 35.5. The molecule has 0 unspecified atom stereocenters. The molecule has 1 aromatic heterocycles. The van der Waals surface area contributed by atoms with Gasteiger partial charge in [-0.1, -0.05) is 59.3 Å². The average Bonchev–Trinajstić information content (AvgIpc) is 3.07. The lowest BCUT2D eigenvalue weighted by atomic mass is 10.1. The molecular weight excluding hydrogens is 366 g/mol. The molecule has 0 atom stereocenters. The molecule has 0 saturated carbocycles. The van der Waals surface area contributed by atoms with Crippen LogP contribution in [-0.4, -0.2) is 21.2 Å². The van der Waals surface area contributed by atoms with Gasteiger partial charge in [0.1, 0.15) is 0 Å². The molecular formula is C20H20ClN3OS. The van der Waals surface area contributed by atoms with Crippen LogP contribution >= 0.6 is 23.4 Å². The van der Waals surface area contributed by atoms with Crippen molar-refractivity contribution in [2.75, 3.05) is 5.75 Å². The van der Waals surface area contributed by atoms with Gasteiger partial charge in [-0.2, -0.15) is 0 Å². The Morgan fingerprint density at radius 1 is 1.23 bits per heavy atom. The predicted molar refractivity (Wildman–Crippen MR) is 107 cm³/mol. The molecule has 0 fully saturated rings. The molecule has 0 radical (unpaired) electrons. The molecule has 1 amide bonds. The lowest BCUT2D eigenvalue weighted by Gasteiger charge is -2.11. The number of benzene rings is 2. The number of hydrogen-bond donors (Lipinski definition) is 1. The van der Waals surface area contributed by atoms with E-state index in [1.807, 2.05) is 35.0 Å². The Morgan fingerprint density at radius 3 is 2.81 bits per heavy atom. The van der Waals surface area contributed by atoms with Crippen molar-refractivity contribution in [2.24, 2.45) is 0 Å². The highest BCUT2D eigenvalue weighted by molar-refractivity contribution is 7.99. The van der Waals surface area contributed by atoms with E-state index in [1.54, 1.807) is 6.20 Å². The number of rotatable bonds is 6. The minimum absolute atomic E-state index is 0.0508. The van der Waals surface area contributed by atoms with Crippen molar-refractivity contribution in [3.8, 4) is 5.69 Å². The van der Waals surface area contributed by atoms with Crippen LogP contribution in [0.25, 0.3) is 5.69 Å². The number of halogens is 1. The maximum atomic E-state index is 12.2. The molecule has 0 aliphatic heterocycles. The average molecular weight is 386 g/mol. The normalized spacial score (nSPS) is 10.7. The molecule has 0 bridgehead atoms. The summed E-state index contributed by atoms with van der Waals surface area (Å²) in [5.41, 5.74) is 4.38. The second-order valence-electron chi connectivity index (χ2n) is 6.03. The van der Waals surface area contributed by atoms with E-state index in [0.29, 0.717) is 17.3 Å². The third kappa shape index (κ3) is 4.48. The maximum absolute atomic E-state index is 12.2. The number of nitrogens with zero attached hydrogens (tertiary/aromatic N) is 2. The van der Waals surface area contributed by atoms with Gasteiger partial charge >= 0.3 is 0 Å². The van der Waals surface area contributed by atoms with Crippen molar-refractivity contribution in [1.82, 2.24) is 14.9 Å². The molecule has 3 rings (SSSR count). The first-order chi connectivity index (χ1) is 12.5. The van der Waals surface area contributed by atoms with Crippen molar-refractivity contribution < 1.29 is 4.79 Å². The van der Waals surface area contributed by atoms with Crippen molar-refractivity contribution >= 4 is 29.3 Å². The van der Waals surface area contributed by atoms with Gasteiger partial charge in [0.25, 0.3) is 0 Å². The predicted octanol–water partition coefficient (Wildman–Crippen LogP) is 4.55. The molecule has 0 saturated heterocycles. The van der Waals surface area contributed by atoms with Crippen molar-refractivity contribution in [2.45, 2.75) is 25.5 Å². The van der Waals surface area contributed by atoms with Gasteiger partial charge in [0.05, 0.1) is 11.4 Å². The Labute approximate surface area is 162 Å². The van der Waals surface area contributed by atoms with Crippen LogP contribution in [0.1, 0.15) is 16.7 Å². The molecule has 134 valence electrons. The number of imidazole rings is 1. The third-order valence-electron chi connectivity index (χ3n) is 3.98. The summed E-state index contributed by atoms with van der Waals surface area (Å²) in [5, 5.41) is 4.35. The Kier molecular flexibility index (Phi) is 6.01. The van der Waals surface area contributed by atoms with Gasteiger partial charge in [0, 0.05) is 24.0 Å². The monoisotopic (exact) mass is 385 g/mol. The van der Waals surface area contributed by atoms with Gasteiger partial charge in [-0.05, 0) is 37.1 Å². The summed E-state index contributed by atoms with van der Waals surface area (Å²) >= 11 is 7.53. The Balaban J connectivity index is 1.61. The Hall–Kier alpha value is -2.24. The highest BCUT2D eigenvalue weighted by Crippen LogP contribution is 2.23. The summed E-state index contributed by atoms with van der Waals surface area (Å²) < 4.78 is 2.01. The van der Waals surface area contributed by atoms with Crippen LogP contribution in [0, 0.1) is 13.8 Å². The molecule has 6 heteroatoms. The summed E-state index contributed by atoms with van der Waals surface area (Å²) in [5.74, 6) is 0.247. The fourth-order valence-corrected chi connectivity index (χ4v) is 3.67. The summed E-state index contributed by atoms with van der Waals surface area (Å²) in [4.78, 5) is 16.6. The van der Waals surface area contributed by atoms with Crippen LogP contribution in [0.5, 0.6) is 0 Å². The summed E-state index contributed by atoms with van der Waals surface area (Å²) in [6, 6.07) is 13.8. The minimum atomic E-state index is -0.0508. The van der Waals surface area contributed by atoms with Crippen molar-refractivity contribution in [3.63, 3.8) is 0 Å².